The molecule has 1 aliphatic rings. The molecule has 0 amide bonds. The van der Waals surface area contributed by atoms with E-state index in [0.717, 1.165) is 24.1 Å². The quantitative estimate of drug-likeness (QED) is 0.635. The van der Waals surface area contributed by atoms with Crippen molar-refractivity contribution in [1.29, 1.82) is 0 Å². The number of fused-ring (bicyclic) bond motifs is 1. The fourth-order valence-corrected chi connectivity index (χ4v) is 4.23. The predicted molar refractivity (Wildman–Crippen MR) is 115 cm³/mol. The Morgan fingerprint density at radius 3 is 2.72 bits per heavy atom. The van der Waals surface area contributed by atoms with Crippen LogP contribution in [0, 0.1) is 5.41 Å². The fraction of sp³-hybridized carbons (Fsp3) is 0.375. The molecule has 2 N–H and O–H groups in total. The lowest BCUT2D eigenvalue weighted by atomic mass is 9.74. The van der Waals surface area contributed by atoms with E-state index in [0.29, 0.717) is 18.9 Å². The molecule has 152 valence electrons. The summed E-state index contributed by atoms with van der Waals surface area (Å²) < 4.78 is 7.59. The molecule has 4 rings (SSSR count). The van der Waals surface area contributed by atoms with Gasteiger partial charge in [0.1, 0.15) is 0 Å². The molecule has 0 bridgehead atoms. The maximum Gasteiger partial charge on any atom is 0.162 e. The van der Waals surface area contributed by atoms with Gasteiger partial charge in [-0.25, -0.2) is 4.68 Å². The molecule has 0 spiro atoms. The smallest absolute Gasteiger partial charge is 0.162 e. The van der Waals surface area contributed by atoms with Crippen molar-refractivity contribution in [2.45, 2.75) is 46.2 Å². The van der Waals surface area contributed by atoms with Crippen molar-refractivity contribution in [2.75, 3.05) is 6.61 Å². The minimum absolute atomic E-state index is 0.159. The van der Waals surface area contributed by atoms with Crippen molar-refractivity contribution >= 4 is 0 Å². The number of aromatic nitrogens is 2. The first-order chi connectivity index (χ1) is 14.0. The molecule has 0 saturated carbocycles. The second-order valence-corrected chi connectivity index (χ2v) is 8.47. The van der Waals surface area contributed by atoms with E-state index >= 15 is 0 Å². The Kier molecular flexibility index (Phi) is 5.33. The van der Waals surface area contributed by atoms with Crippen molar-refractivity contribution in [3.63, 3.8) is 0 Å². The Bertz CT molecular complexity index is 979. The van der Waals surface area contributed by atoms with Gasteiger partial charge in [-0.15, -0.1) is 0 Å². The van der Waals surface area contributed by atoms with Crippen LogP contribution in [0.2, 0.25) is 0 Å². The van der Waals surface area contributed by atoms with E-state index in [9.17, 15) is 5.11 Å². The maximum absolute atomic E-state index is 10.5. The molecule has 2 aromatic carbocycles. The van der Waals surface area contributed by atoms with Gasteiger partial charge in [0.05, 0.1) is 18.5 Å². The average Bonchev–Trinajstić information content (AvgIpc) is 3.12. The molecule has 0 aliphatic heterocycles. The lowest BCUT2D eigenvalue weighted by molar-refractivity contribution is 0.252. The van der Waals surface area contributed by atoms with Crippen LogP contribution in [0.4, 0.5) is 0 Å². The molecule has 1 heterocycles. The molecule has 3 aromatic rings. The highest BCUT2D eigenvalue weighted by Crippen LogP contribution is 2.41. The largest absolute Gasteiger partial charge is 0.504 e. The molecule has 1 aliphatic carbocycles. The summed E-state index contributed by atoms with van der Waals surface area (Å²) in [6, 6.07) is 16.1. The zero-order valence-corrected chi connectivity index (χ0v) is 17.4. The monoisotopic (exact) mass is 391 g/mol. The molecular formula is C24H29N3O2. The molecule has 0 saturated heterocycles. The van der Waals surface area contributed by atoms with E-state index in [1.165, 1.54) is 11.3 Å². The van der Waals surface area contributed by atoms with Gasteiger partial charge in [-0.05, 0) is 43.4 Å². The number of rotatable bonds is 6. The summed E-state index contributed by atoms with van der Waals surface area (Å²) in [5.74, 6) is 0.755. The Hall–Kier alpha value is -2.79. The van der Waals surface area contributed by atoms with Crippen LogP contribution >= 0.6 is 0 Å². The van der Waals surface area contributed by atoms with Gasteiger partial charge in [-0.3, -0.25) is 0 Å². The number of aromatic hydroxyl groups is 1. The first-order valence-corrected chi connectivity index (χ1v) is 10.3. The van der Waals surface area contributed by atoms with Gasteiger partial charge >= 0.3 is 0 Å². The first kappa shape index (κ1) is 19.5. The third-order valence-corrected chi connectivity index (χ3v) is 5.60. The number of benzene rings is 2. The SMILES string of the molecule is CCOc1cccc(CNC2CC(C)(C)Cc3c2cnn3-c2ccccc2)c1O. The van der Waals surface area contributed by atoms with Crippen LogP contribution < -0.4 is 10.1 Å². The van der Waals surface area contributed by atoms with Crippen LogP contribution in [0.1, 0.15) is 50.1 Å². The Labute approximate surface area is 172 Å². The van der Waals surface area contributed by atoms with Crippen molar-refractivity contribution in [1.82, 2.24) is 15.1 Å². The topological polar surface area (TPSA) is 59.3 Å². The van der Waals surface area contributed by atoms with Gasteiger partial charge in [0, 0.05) is 29.4 Å². The highest BCUT2D eigenvalue weighted by atomic mass is 16.5. The number of phenolic OH excluding ortho intramolecular Hbond substituents is 1. The minimum Gasteiger partial charge on any atom is -0.504 e. The first-order valence-electron chi connectivity index (χ1n) is 10.3. The lowest BCUT2D eigenvalue weighted by Gasteiger charge is -2.36. The molecule has 0 radical (unpaired) electrons. The third-order valence-electron chi connectivity index (χ3n) is 5.60. The summed E-state index contributed by atoms with van der Waals surface area (Å²) in [7, 11) is 0. The fourth-order valence-electron chi connectivity index (χ4n) is 4.23. The van der Waals surface area contributed by atoms with Crippen LogP contribution in [0.5, 0.6) is 11.5 Å². The van der Waals surface area contributed by atoms with E-state index in [2.05, 4.69) is 36.0 Å². The predicted octanol–water partition coefficient (Wildman–Crippen LogP) is 4.78. The minimum atomic E-state index is 0.159. The van der Waals surface area contributed by atoms with Crippen molar-refractivity contribution in [3.05, 3.63) is 71.5 Å². The highest BCUT2D eigenvalue weighted by molar-refractivity contribution is 5.45. The second kappa shape index (κ2) is 7.91. The summed E-state index contributed by atoms with van der Waals surface area (Å²) in [5.41, 5.74) is 4.60. The van der Waals surface area contributed by atoms with Gasteiger partial charge in [0.15, 0.2) is 11.5 Å². The molecular weight excluding hydrogens is 362 g/mol. The van der Waals surface area contributed by atoms with Crippen LogP contribution in [0.3, 0.4) is 0 Å². The summed E-state index contributed by atoms with van der Waals surface area (Å²) in [5, 5.41) is 18.9. The summed E-state index contributed by atoms with van der Waals surface area (Å²) in [4.78, 5) is 0. The van der Waals surface area contributed by atoms with Crippen molar-refractivity contribution < 1.29 is 9.84 Å². The normalized spacial score (nSPS) is 17.7. The van der Waals surface area contributed by atoms with E-state index < -0.39 is 0 Å². The van der Waals surface area contributed by atoms with Gasteiger partial charge in [-0.1, -0.05) is 44.2 Å². The van der Waals surface area contributed by atoms with E-state index in [-0.39, 0.29) is 17.2 Å². The zero-order valence-electron chi connectivity index (χ0n) is 17.4. The van der Waals surface area contributed by atoms with E-state index in [1.807, 2.05) is 43.5 Å². The molecule has 5 nitrogen and oxygen atoms in total. The van der Waals surface area contributed by atoms with E-state index in [1.54, 1.807) is 6.07 Å². The molecule has 1 atom stereocenters. The highest BCUT2D eigenvalue weighted by Gasteiger charge is 2.35. The van der Waals surface area contributed by atoms with Gasteiger partial charge in [0.25, 0.3) is 0 Å². The van der Waals surface area contributed by atoms with Crippen molar-refractivity contribution in [3.8, 4) is 17.2 Å². The van der Waals surface area contributed by atoms with Crippen molar-refractivity contribution in [2.24, 2.45) is 5.41 Å². The Morgan fingerprint density at radius 1 is 1.17 bits per heavy atom. The molecule has 1 aromatic heterocycles. The van der Waals surface area contributed by atoms with Crippen LogP contribution in [-0.4, -0.2) is 21.5 Å². The van der Waals surface area contributed by atoms with Crippen LogP contribution in [0.25, 0.3) is 5.69 Å². The number of phenols is 1. The number of hydrogen-bond acceptors (Lipinski definition) is 4. The summed E-state index contributed by atoms with van der Waals surface area (Å²) in [6.07, 6.45) is 4.00. The molecule has 5 heteroatoms. The Balaban J connectivity index is 1.60. The summed E-state index contributed by atoms with van der Waals surface area (Å²) >= 11 is 0. The zero-order chi connectivity index (χ0) is 20.4. The van der Waals surface area contributed by atoms with Crippen LogP contribution in [0.15, 0.2) is 54.7 Å². The third kappa shape index (κ3) is 4.01. The van der Waals surface area contributed by atoms with Gasteiger partial charge < -0.3 is 15.2 Å². The van der Waals surface area contributed by atoms with E-state index in [4.69, 9.17) is 9.84 Å². The van der Waals surface area contributed by atoms with Gasteiger partial charge in [-0.2, -0.15) is 5.10 Å². The average molecular weight is 392 g/mol. The number of nitrogens with zero attached hydrogens (tertiary/aromatic N) is 2. The Morgan fingerprint density at radius 2 is 1.97 bits per heavy atom. The number of nitrogens with one attached hydrogen (secondary N) is 1. The number of hydrogen-bond donors (Lipinski definition) is 2. The summed E-state index contributed by atoms with van der Waals surface area (Å²) in [6.45, 7) is 7.63. The molecule has 1 unspecified atom stereocenters. The number of ether oxygens (including phenoxy) is 1. The lowest BCUT2D eigenvalue weighted by Crippen LogP contribution is -2.33. The molecule has 29 heavy (non-hydrogen) atoms. The number of para-hydroxylation sites is 2. The second-order valence-electron chi connectivity index (χ2n) is 8.47. The molecule has 0 fully saturated rings. The van der Waals surface area contributed by atoms with Crippen LogP contribution in [-0.2, 0) is 13.0 Å². The standard InChI is InChI=1S/C24H29N3O2/c1-4-29-22-12-8-9-17(23(22)28)15-25-20-13-24(2,3)14-21-19(20)16-26-27(21)18-10-6-5-7-11-18/h5-12,16,20,25,28H,4,13-15H2,1-3H3. The van der Waals surface area contributed by atoms with Gasteiger partial charge in [0.2, 0.25) is 0 Å². The maximum atomic E-state index is 10.5.